The van der Waals surface area contributed by atoms with Crippen LogP contribution in [-0.2, 0) is 13.0 Å². The minimum Gasteiger partial charge on any atom is -0.312 e. The molecule has 0 spiro atoms. The molecular formula is C12H15N3S. The maximum absolute atomic E-state index is 4.33. The lowest BCUT2D eigenvalue weighted by Crippen LogP contribution is -2.16. The highest BCUT2D eigenvalue weighted by molar-refractivity contribution is 7.11. The average molecular weight is 233 g/mol. The third kappa shape index (κ3) is 3.40. The van der Waals surface area contributed by atoms with Crippen molar-refractivity contribution in [3.63, 3.8) is 0 Å². The van der Waals surface area contributed by atoms with E-state index < -0.39 is 0 Å². The fourth-order valence-electron chi connectivity index (χ4n) is 1.45. The molecule has 0 aliphatic heterocycles. The number of nitrogens with one attached hydrogen (secondary N) is 1. The molecule has 0 fully saturated rings. The Balaban J connectivity index is 1.69. The molecular weight excluding hydrogens is 218 g/mol. The SMILES string of the molecule is Cc1cnc(CCNCc2ccncc2)s1. The lowest BCUT2D eigenvalue weighted by Gasteiger charge is -2.02. The van der Waals surface area contributed by atoms with E-state index in [9.17, 15) is 0 Å². The molecule has 0 aliphatic rings. The van der Waals surface area contributed by atoms with E-state index in [1.807, 2.05) is 30.7 Å². The van der Waals surface area contributed by atoms with Crippen molar-refractivity contribution in [2.75, 3.05) is 6.54 Å². The molecule has 0 saturated carbocycles. The first-order valence-corrected chi connectivity index (χ1v) is 6.17. The van der Waals surface area contributed by atoms with E-state index in [2.05, 4.69) is 22.2 Å². The van der Waals surface area contributed by atoms with Crippen LogP contribution in [0, 0.1) is 6.92 Å². The number of thiazole rings is 1. The summed E-state index contributed by atoms with van der Waals surface area (Å²) in [5, 5.41) is 4.61. The molecule has 2 aromatic rings. The zero-order chi connectivity index (χ0) is 11.2. The molecule has 0 radical (unpaired) electrons. The molecule has 0 atom stereocenters. The maximum Gasteiger partial charge on any atom is 0.0940 e. The summed E-state index contributed by atoms with van der Waals surface area (Å²) in [7, 11) is 0. The first kappa shape index (κ1) is 11.2. The van der Waals surface area contributed by atoms with Gasteiger partial charge in [-0.25, -0.2) is 4.98 Å². The Hall–Kier alpha value is -1.26. The minimum absolute atomic E-state index is 0.896. The first-order chi connectivity index (χ1) is 7.84. The van der Waals surface area contributed by atoms with Crippen molar-refractivity contribution in [2.45, 2.75) is 19.9 Å². The topological polar surface area (TPSA) is 37.8 Å². The smallest absolute Gasteiger partial charge is 0.0940 e. The number of pyridine rings is 1. The number of hydrogen-bond donors (Lipinski definition) is 1. The zero-order valence-corrected chi connectivity index (χ0v) is 10.1. The molecule has 2 rings (SSSR count). The van der Waals surface area contributed by atoms with Crippen molar-refractivity contribution in [2.24, 2.45) is 0 Å². The maximum atomic E-state index is 4.33. The lowest BCUT2D eigenvalue weighted by atomic mass is 10.3. The second-order valence-electron chi connectivity index (χ2n) is 3.65. The number of nitrogens with zero attached hydrogens (tertiary/aromatic N) is 2. The summed E-state index contributed by atoms with van der Waals surface area (Å²) in [5.74, 6) is 0. The fraction of sp³-hybridized carbons (Fsp3) is 0.333. The fourth-order valence-corrected chi connectivity index (χ4v) is 2.23. The van der Waals surface area contributed by atoms with Gasteiger partial charge >= 0.3 is 0 Å². The molecule has 0 unspecified atom stereocenters. The largest absolute Gasteiger partial charge is 0.312 e. The van der Waals surface area contributed by atoms with Gasteiger partial charge in [0.2, 0.25) is 0 Å². The summed E-state index contributed by atoms with van der Waals surface area (Å²) >= 11 is 1.77. The van der Waals surface area contributed by atoms with E-state index in [1.54, 1.807) is 11.3 Å². The molecule has 0 bridgehead atoms. The van der Waals surface area contributed by atoms with Gasteiger partial charge in [-0.1, -0.05) is 0 Å². The zero-order valence-electron chi connectivity index (χ0n) is 9.31. The van der Waals surface area contributed by atoms with Crippen molar-refractivity contribution in [1.82, 2.24) is 15.3 Å². The predicted molar refractivity (Wildman–Crippen MR) is 66.5 cm³/mol. The van der Waals surface area contributed by atoms with Gasteiger partial charge in [-0.2, -0.15) is 0 Å². The van der Waals surface area contributed by atoms with Crippen LogP contribution in [0.15, 0.2) is 30.7 Å². The van der Waals surface area contributed by atoms with Gasteiger partial charge < -0.3 is 5.32 Å². The third-order valence-electron chi connectivity index (χ3n) is 2.26. The molecule has 0 saturated heterocycles. The van der Waals surface area contributed by atoms with E-state index in [1.165, 1.54) is 15.4 Å². The van der Waals surface area contributed by atoms with Gasteiger partial charge in [-0.15, -0.1) is 11.3 Å². The van der Waals surface area contributed by atoms with E-state index in [0.29, 0.717) is 0 Å². The number of hydrogen-bond acceptors (Lipinski definition) is 4. The lowest BCUT2D eigenvalue weighted by molar-refractivity contribution is 0.684. The average Bonchev–Trinajstić information content (AvgIpc) is 2.72. The molecule has 3 nitrogen and oxygen atoms in total. The summed E-state index contributed by atoms with van der Waals surface area (Å²) in [4.78, 5) is 9.60. The number of rotatable bonds is 5. The van der Waals surface area contributed by atoms with Gasteiger partial charge in [-0.05, 0) is 24.6 Å². The summed E-state index contributed by atoms with van der Waals surface area (Å²) in [6, 6.07) is 4.06. The van der Waals surface area contributed by atoms with E-state index in [-0.39, 0.29) is 0 Å². The molecule has 0 amide bonds. The van der Waals surface area contributed by atoms with Crippen LogP contribution in [0.1, 0.15) is 15.4 Å². The predicted octanol–water partition coefficient (Wildman–Crippen LogP) is 2.18. The van der Waals surface area contributed by atoms with Crippen molar-refractivity contribution in [3.8, 4) is 0 Å². The highest BCUT2D eigenvalue weighted by atomic mass is 32.1. The van der Waals surface area contributed by atoms with Gasteiger partial charge in [-0.3, -0.25) is 4.98 Å². The van der Waals surface area contributed by atoms with Gasteiger partial charge in [0.25, 0.3) is 0 Å². The standard InChI is InChI=1S/C12H15N3S/c1-10-8-15-12(16-10)4-7-14-9-11-2-5-13-6-3-11/h2-3,5-6,8,14H,4,7,9H2,1H3. The summed E-state index contributed by atoms with van der Waals surface area (Å²) in [6.45, 7) is 3.95. The van der Waals surface area contributed by atoms with Crippen molar-refractivity contribution < 1.29 is 0 Å². The van der Waals surface area contributed by atoms with Crippen LogP contribution in [0.4, 0.5) is 0 Å². The van der Waals surface area contributed by atoms with Crippen LogP contribution >= 0.6 is 11.3 Å². The Morgan fingerprint density at radius 2 is 2.12 bits per heavy atom. The second-order valence-corrected chi connectivity index (χ2v) is 4.97. The molecule has 2 heterocycles. The van der Waals surface area contributed by atoms with Crippen LogP contribution in [-0.4, -0.2) is 16.5 Å². The second kappa shape index (κ2) is 5.72. The van der Waals surface area contributed by atoms with Crippen LogP contribution in [0.5, 0.6) is 0 Å². The third-order valence-corrected chi connectivity index (χ3v) is 3.24. The Kier molecular flexibility index (Phi) is 4.02. The Labute approximate surface area is 99.6 Å². The normalized spacial score (nSPS) is 10.6. The van der Waals surface area contributed by atoms with Crippen molar-refractivity contribution >= 4 is 11.3 Å². The Bertz CT molecular complexity index is 425. The van der Waals surface area contributed by atoms with Crippen LogP contribution in [0.25, 0.3) is 0 Å². The summed E-state index contributed by atoms with van der Waals surface area (Å²) < 4.78 is 0. The van der Waals surface area contributed by atoms with E-state index >= 15 is 0 Å². The first-order valence-electron chi connectivity index (χ1n) is 5.35. The quantitative estimate of drug-likeness (QED) is 0.804. The molecule has 0 aliphatic carbocycles. The van der Waals surface area contributed by atoms with Crippen molar-refractivity contribution in [1.29, 1.82) is 0 Å². The van der Waals surface area contributed by atoms with Gasteiger partial charge in [0.1, 0.15) is 0 Å². The molecule has 4 heteroatoms. The van der Waals surface area contributed by atoms with E-state index in [0.717, 1.165) is 19.5 Å². The number of aromatic nitrogens is 2. The summed E-state index contributed by atoms with van der Waals surface area (Å²) in [5.41, 5.74) is 1.27. The van der Waals surface area contributed by atoms with Crippen LogP contribution in [0.2, 0.25) is 0 Å². The highest BCUT2D eigenvalue weighted by Gasteiger charge is 1.98. The van der Waals surface area contributed by atoms with Gasteiger partial charge in [0.15, 0.2) is 0 Å². The Morgan fingerprint density at radius 1 is 1.31 bits per heavy atom. The molecule has 84 valence electrons. The minimum atomic E-state index is 0.896. The molecule has 0 aromatic carbocycles. The van der Waals surface area contributed by atoms with Gasteiger partial charge in [0, 0.05) is 43.0 Å². The molecule has 1 N–H and O–H groups in total. The van der Waals surface area contributed by atoms with Crippen LogP contribution < -0.4 is 5.32 Å². The van der Waals surface area contributed by atoms with Crippen molar-refractivity contribution in [3.05, 3.63) is 46.2 Å². The number of aryl methyl sites for hydroxylation is 1. The van der Waals surface area contributed by atoms with Gasteiger partial charge in [0.05, 0.1) is 5.01 Å². The highest BCUT2D eigenvalue weighted by Crippen LogP contribution is 2.10. The monoisotopic (exact) mass is 233 g/mol. The van der Waals surface area contributed by atoms with Crippen LogP contribution in [0.3, 0.4) is 0 Å². The molecule has 2 aromatic heterocycles. The molecule has 16 heavy (non-hydrogen) atoms. The Morgan fingerprint density at radius 3 is 2.81 bits per heavy atom. The summed E-state index contributed by atoms with van der Waals surface area (Å²) in [6.07, 6.45) is 6.58. The van der Waals surface area contributed by atoms with E-state index in [4.69, 9.17) is 0 Å².